The van der Waals surface area contributed by atoms with Gasteiger partial charge in [-0.1, -0.05) is 58.8 Å². The highest BCUT2D eigenvalue weighted by Gasteiger charge is 2.54. The molecule has 0 aromatic heterocycles. The highest BCUT2D eigenvalue weighted by molar-refractivity contribution is 6.31. The number of aliphatic hydroxyl groups excluding tert-OH is 1. The Kier molecular flexibility index (Phi) is 9.88. The van der Waals surface area contributed by atoms with Crippen molar-refractivity contribution in [2.24, 2.45) is 15.3 Å². The number of halogens is 5. The van der Waals surface area contributed by atoms with Gasteiger partial charge in [-0.3, -0.25) is 10.4 Å². The maximum atomic E-state index is 13.8. The van der Waals surface area contributed by atoms with Crippen LogP contribution in [0.4, 0.5) is 18.9 Å². The first-order chi connectivity index (χ1) is 19.4. The van der Waals surface area contributed by atoms with Crippen molar-refractivity contribution < 1.29 is 32.5 Å². The predicted molar refractivity (Wildman–Crippen MR) is 147 cm³/mol. The zero-order valence-electron chi connectivity index (χ0n) is 22.2. The van der Waals surface area contributed by atoms with E-state index >= 15 is 0 Å². The number of hydrogen-bond donors (Lipinski definition) is 3. The number of ether oxygens (including phenoxy) is 3. The quantitative estimate of drug-likeness (QED) is 0.0960. The van der Waals surface area contributed by atoms with Crippen molar-refractivity contribution in [2.75, 3.05) is 19.0 Å². The molecule has 222 valence electrons. The van der Waals surface area contributed by atoms with Gasteiger partial charge in [0.1, 0.15) is 47.6 Å². The maximum Gasteiger partial charge on any atom is 0.418 e. The second kappa shape index (κ2) is 13.0. The SMILES string of the molecule is C/N=N\N(C(C)Cl)[C@@H]1[C@@H](O)[C@H](/C(=N/C(C)=N)Nc2cc(Cl)ccc2C(F)(F)F)O[C@@H]2COC(c3ccccc3)O[C@H]12. The molecule has 7 atom stereocenters. The molecule has 2 unspecified atom stereocenters. The van der Waals surface area contributed by atoms with Crippen molar-refractivity contribution in [3.05, 3.63) is 64.7 Å². The van der Waals surface area contributed by atoms with E-state index in [1.165, 1.54) is 19.0 Å². The van der Waals surface area contributed by atoms with Crippen molar-refractivity contribution in [1.29, 1.82) is 5.41 Å². The van der Waals surface area contributed by atoms with Gasteiger partial charge in [0.05, 0.1) is 24.9 Å². The molecule has 2 aromatic rings. The molecule has 2 aliphatic heterocycles. The fraction of sp³-hybridized carbons (Fsp3) is 0.462. The highest BCUT2D eigenvalue weighted by atomic mass is 35.5. The summed E-state index contributed by atoms with van der Waals surface area (Å²) >= 11 is 12.5. The lowest BCUT2D eigenvalue weighted by molar-refractivity contribution is -0.313. The van der Waals surface area contributed by atoms with E-state index in [1.54, 1.807) is 6.92 Å². The molecule has 41 heavy (non-hydrogen) atoms. The number of aliphatic hydroxyl groups is 1. The van der Waals surface area contributed by atoms with E-state index in [-0.39, 0.29) is 23.3 Å². The molecule has 15 heteroatoms. The number of fused-ring (bicyclic) bond motifs is 1. The first-order valence-electron chi connectivity index (χ1n) is 12.6. The van der Waals surface area contributed by atoms with Gasteiger partial charge in [-0.15, -0.1) is 0 Å². The molecule has 2 aromatic carbocycles. The largest absolute Gasteiger partial charge is 0.418 e. The summed E-state index contributed by atoms with van der Waals surface area (Å²) < 4.78 is 59.8. The predicted octanol–water partition coefficient (Wildman–Crippen LogP) is 5.66. The number of alkyl halides is 4. The Bertz CT molecular complexity index is 1280. The van der Waals surface area contributed by atoms with Gasteiger partial charge >= 0.3 is 6.18 Å². The summed E-state index contributed by atoms with van der Waals surface area (Å²) in [5.41, 5.74) is -1.52. The molecule has 0 spiro atoms. The van der Waals surface area contributed by atoms with E-state index in [0.29, 0.717) is 0 Å². The molecule has 10 nitrogen and oxygen atoms in total. The van der Waals surface area contributed by atoms with Gasteiger partial charge in [0.15, 0.2) is 6.29 Å². The lowest BCUT2D eigenvalue weighted by atomic mass is 9.90. The Hall–Kier alpha value is -2.81. The second-order valence-corrected chi connectivity index (χ2v) is 10.5. The molecule has 0 saturated carbocycles. The molecule has 2 saturated heterocycles. The Morgan fingerprint density at radius 1 is 1.20 bits per heavy atom. The van der Waals surface area contributed by atoms with Gasteiger partial charge in [-0.25, -0.2) is 4.99 Å². The summed E-state index contributed by atoms with van der Waals surface area (Å²) in [6, 6.07) is 11.1. The molecule has 2 heterocycles. The normalized spacial score (nSPS) is 27.8. The van der Waals surface area contributed by atoms with Crippen LogP contribution in [-0.2, 0) is 20.4 Å². The number of nitrogens with one attached hydrogen (secondary N) is 2. The summed E-state index contributed by atoms with van der Waals surface area (Å²) in [4.78, 5) is 4.09. The number of rotatable bonds is 6. The number of hydrogen-bond acceptors (Lipinski definition) is 7. The van der Waals surface area contributed by atoms with Gasteiger partial charge < -0.3 is 24.6 Å². The molecule has 4 rings (SSSR count). The van der Waals surface area contributed by atoms with Crippen molar-refractivity contribution >= 4 is 40.6 Å². The molecule has 3 N–H and O–H groups in total. The average Bonchev–Trinajstić information content (AvgIpc) is 2.90. The van der Waals surface area contributed by atoms with Crippen LogP contribution in [0.15, 0.2) is 63.9 Å². The van der Waals surface area contributed by atoms with E-state index in [0.717, 1.165) is 23.8 Å². The van der Waals surface area contributed by atoms with Crippen LogP contribution < -0.4 is 5.32 Å². The maximum absolute atomic E-state index is 13.8. The lowest BCUT2D eigenvalue weighted by Gasteiger charge is -2.51. The highest BCUT2D eigenvalue weighted by Crippen LogP contribution is 2.39. The number of benzene rings is 2. The van der Waals surface area contributed by atoms with E-state index < -0.39 is 59.7 Å². The standard InChI is InChI=1S/C26H29Cl2F3N6O4/c1-13(27)37(36-33-3)20-21(38)23(40-19-12-39-25(41-22(19)20)15-7-5-4-6-8-15)24(34-14(2)32)35-18-11-16(28)9-10-17(18)26(29,30)31/h4-11,13,19-23,25,38H,12H2,1-3H3,(H2,32,34,35)/b36-33-/t13?,19-,20-,21-,22+,23-,25?/m1/s1. The van der Waals surface area contributed by atoms with E-state index in [9.17, 15) is 18.3 Å². The molecule has 0 bridgehead atoms. The van der Waals surface area contributed by atoms with Crippen LogP contribution in [0.25, 0.3) is 0 Å². The Morgan fingerprint density at radius 3 is 2.51 bits per heavy atom. The van der Waals surface area contributed by atoms with Crippen LogP contribution >= 0.6 is 23.2 Å². The first kappa shape index (κ1) is 31.1. The zero-order chi connectivity index (χ0) is 29.9. The van der Waals surface area contributed by atoms with E-state index in [4.69, 9.17) is 42.8 Å². The Balaban J connectivity index is 1.75. The Labute approximate surface area is 244 Å². The van der Waals surface area contributed by atoms with Crippen molar-refractivity contribution in [3.8, 4) is 0 Å². The van der Waals surface area contributed by atoms with Crippen molar-refractivity contribution in [3.63, 3.8) is 0 Å². The summed E-state index contributed by atoms with van der Waals surface area (Å²) in [5.74, 6) is -0.518. The molecule has 0 aliphatic carbocycles. The number of nitrogens with zero attached hydrogens (tertiary/aromatic N) is 4. The minimum absolute atomic E-state index is 0.000457. The van der Waals surface area contributed by atoms with Crippen molar-refractivity contribution in [1.82, 2.24) is 5.01 Å². The molecule has 2 fully saturated rings. The minimum Gasteiger partial charge on any atom is -0.388 e. The monoisotopic (exact) mass is 616 g/mol. The third-order valence-corrected chi connectivity index (χ3v) is 6.85. The molecule has 2 aliphatic rings. The summed E-state index contributed by atoms with van der Waals surface area (Å²) in [6.45, 7) is 2.95. The molecule has 0 amide bonds. The van der Waals surface area contributed by atoms with Crippen LogP contribution in [-0.4, -0.2) is 71.4 Å². The van der Waals surface area contributed by atoms with Gasteiger partial charge in [0.25, 0.3) is 0 Å². The minimum atomic E-state index is -4.73. The number of anilines is 1. The smallest absolute Gasteiger partial charge is 0.388 e. The van der Waals surface area contributed by atoms with Crippen LogP contribution in [0.2, 0.25) is 5.02 Å². The molecule has 0 radical (unpaired) electrons. The third-order valence-electron chi connectivity index (χ3n) is 6.42. The zero-order valence-corrected chi connectivity index (χ0v) is 23.7. The third kappa shape index (κ3) is 7.16. The number of aliphatic imine (C=N–C) groups is 1. The second-order valence-electron chi connectivity index (χ2n) is 9.39. The van der Waals surface area contributed by atoms with Gasteiger partial charge in [-0.2, -0.15) is 18.3 Å². The summed E-state index contributed by atoms with van der Waals surface area (Å²) in [5, 5.41) is 31.6. The van der Waals surface area contributed by atoms with Crippen LogP contribution in [0.1, 0.15) is 31.3 Å². The van der Waals surface area contributed by atoms with E-state index in [1.807, 2.05) is 30.3 Å². The van der Waals surface area contributed by atoms with E-state index in [2.05, 4.69) is 20.6 Å². The van der Waals surface area contributed by atoms with Crippen LogP contribution in [0.3, 0.4) is 0 Å². The van der Waals surface area contributed by atoms with Crippen LogP contribution in [0, 0.1) is 5.41 Å². The molecular formula is C26H29Cl2F3N6O4. The lowest BCUT2D eigenvalue weighted by Crippen LogP contribution is -2.68. The molecular weight excluding hydrogens is 588 g/mol. The van der Waals surface area contributed by atoms with Gasteiger partial charge in [-0.05, 0) is 32.0 Å². The fourth-order valence-corrected chi connectivity index (χ4v) is 5.09. The topological polar surface area (TPSA) is 124 Å². The first-order valence-corrected chi connectivity index (χ1v) is 13.4. The van der Waals surface area contributed by atoms with Crippen molar-refractivity contribution in [2.45, 2.75) is 62.3 Å². The summed E-state index contributed by atoms with van der Waals surface area (Å²) in [6.07, 6.45) is -10.1. The summed E-state index contributed by atoms with van der Waals surface area (Å²) in [7, 11) is 1.43. The number of amidine groups is 2. The van der Waals surface area contributed by atoms with Gasteiger partial charge in [0.2, 0.25) is 0 Å². The van der Waals surface area contributed by atoms with Crippen LogP contribution in [0.5, 0.6) is 0 Å². The fourth-order valence-electron chi connectivity index (χ4n) is 4.74. The Morgan fingerprint density at radius 2 is 1.90 bits per heavy atom. The van der Waals surface area contributed by atoms with Gasteiger partial charge in [0, 0.05) is 10.6 Å². The average molecular weight is 617 g/mol.